The number of amides is 2. The molecule has 0 unspecified atom stereocenters. The third-order valence-electron chi connectivity index (χ3n) is 5.82. The number of rotatable bonds is 7. The molecule has 0 aliphatic carbocycles. The van der Waals surface area contributed by atoms with Crippen molar-refractivity contribution in [1.82, 2.24) is 15.1 Å². The molecule has 2 heterocycles. The molecular formula is C21H32N4O2. The van der Waals surface area contributed by atoms with Crippen molar-refractivity contribution in [2.75, 3.05) is 32.7 Å². The zero-order valence-corrected chi connectivity index (χ0v) is 16.1. The zero-order valence-electron chi connectivity index (χ0n) is 16.1. The van der Waals surface area contributed by atoms with Gasteiger partial charge in [-0.25, -0.2) is 0 Å². The van der Waals surface area contributed by atoms with Crippen LogP contribution in [-0.4, -0.2) is 60.4 Å². The summed E-state index contributed by atoms with van der Waals surface area (Å²) in [4.78, 5) is 28.2. The molecule has 0 aromatic heterocycles. The fraction of sp³-hybridized carbons (Fsp3) is 0.619. The summed E-state index contributed by atoms with van der Waals surface area (Å²) in [5.41, 5.74) is 6.51. The Morgan fingerprint density at radius 3 is 2.52 bits per heavy atom. The maximum Gasteiger partial charge on any atom is 0.224 e. The Labute approximate surface area is 162 Å². The Morgan fingerprint density at radius 2 is 1.81 bits per heavy atom. The molecule has 3 N–H and O–H groups in total. The van der Waals surface area contributed by atoms with Crippen molar-refractivity contribution in [3.8, 4) is 0 Å². The first-order chi connectivity index (χ1) is 13.1. The molecule has 6 nitrogen and oxygen atoms in total. The van der Waals surface area contributed by atoms with Crippen LogP contribution in [0.2, 0.25) is 0 Å². The summed E-state index contributed by atoms with van der Waals surface area (Å²) in [5.74, 6) is -0.265. The van der Waals surface area contributed by atoms with Crippen LogP contribution in [0.5, 0.6) is 0 Å². The van der Waals surface area contributed by atoms with Crippen molar-refractivity contribution in [3.05, 3.63) is 35.9 Å². The predicted molar refractivity (Wildman–Crippen MR) is 106 cm³/mol. The topological polar surface area (TPSA) is 78.7 Å². The number of primary amides is 1. The first-order valence-corrected chi connectivity index (χ1v) is 10.2. The number of carbonyl (C=O) groups is 2. The van der Waals surface area contributed by atoms with E-state index < -0.39 is 0 Å². The molecule has 2 aliphatic heterocycles. The van der Waals surface area contributed by atoms with Crippen LogP contribution in [0.25, 0.3) is 0 Å². The number of nitrogens with one attached hydrogen (secondary N) is 1. The quantitative estimate of drug-likeness (QED) is 0.757. The summed E-state index contributed by atoms with van der Waals surface area (Å²) in [6.07, 6.45) is 4.55. The summed E-state index contributed by atoms with van der Waals surface area (Å²) < 4.78 is 0. The number of hydrogen-bond acceptors (Lipinski definition) is 4. The Bertz CT molecular complexity index is 614. The van der Waals surface area contributed by atoms with Gasteiger partial charge in [0, 0.05) is 32.1 Å². The fourth-order valence-electron chi connectivity index (χ4n) is 4.29. The molecular weight excluding hydrogens is 340 g/mol. The second kappa shape index (κ2) is 9.85. The van der Waals surface area contributed by atoms with Gasteiger partial charge in [0.25, 0.3) is 0 Å². The molecule has 1 atom stereocenters. The van der Waals surface area contributed by atoms with E-state index in [4.69, 9.17) is 5.73 Å². The molecule has 0 saturated carbocycles. The van der Waals surface area contributed by atoms with Gasteiger partial charge in [0.2, 0.25) is 11.8 Å². The van der Waals surface area contributed by atoms with Crippen molar-refractivity contribution < 1.29 is 9.59 Å². The highest BCUT2D eigenvalue weighted by atomic mass is 16.2. The molecule has 1 aromatic carbocycles. The van der Waals surface area contributed by atoms with E-state index in [1.165, 1.54) is 18.4 Å². The summed E-state index contributed by atoms with van der Waals surface area (Å²) in [6.45, 7) is 5.54. The van der Waals surface area contributed by atoms with E-state index >= 15 is 0 Å². The number of benzene rings is 1. The van der Waals surface area contributed by atoms with Gasteiger partial charge in [-0.2, -0.15) is 0 Å². The van der Waals surface area contributed by atoms with Crippen LogP contribution < -0.4 is 11.1 Å². The van der Waals surface area contributed by atoms with E-state index in [1.807, 2.05) is 0 Å². The molecule has 0 bridgehead atoms. The highest BCUT2D eigenvalue weighted by molar-refractivity contribution is 5.80. The summed E-state index contributed by atoms with van der Waals surface area (Å²) in [5, 5.41) is 2.87. The number of piperidine rings is 2. The minimum Gasteiger partial charge on any atom is -0.370 e. The molecule has 3 rings (SSSR count). The average molecular weight is 373 g/mol. The third-order valence-corrected chi connectivity index (χ3v) is 5.82. The van der Waals surface area contributed by atoms with Gasteiger partial charge >= 0.3 is 0 Å². The van der Waals surface area contributed by atoms with Gasteiger partial charge in [0.1, 0.15) is 0 Å². The van der Waals surface area contributed by atoms with E-state index in [1.54, 1.807) is 0 Å². The minimum atomic E-state index is -0.372. The summed E-state index contributed by atoms with van der Waals surface area (Å²) in [6, 6.07) is 11.2. The standard InChI is InChI=1S/C21H32N4O2/c22-20(26)8-11-23-21(27)18-7-4-12-25(16-18)19-9-13-24(14-10-19)15-17-5-2-1-3-6-17/h1-3,5-6,18-19H,4,7-16H2,(H2,22,26)(H,23,27)/t18-/m1/s1. The number of hydrogen-bond donors (Lipinski definition) is 2. The van der Waals surface area contributed by atoms with E-state index in [0.29, 0.717) is 12.6 Å². The Kier molecular flexibility index (Phi) is 7.24. The lowest BCUT2D eigenvalue weighted by Gasteiger charge is -2.42. The van der Waals surface area contributed by atoms with Crippen molar-refractivity contribution in [3.63, 3.8) is 0 Å². The maximum atomic E-state index is 12.4. The van der Waals surface area contributed by atoms with E-state index in [2.05, 4.69) is 45.4 Å². The molecule has 6 heteroatoms. The highest BCUT2D eigenvalue weighted by Crippen LogP contribution is 2.24. The molecule has 2 saturated heterocycles. The van der Waals surface area contributed by atoms with Crippen LogP contribution in [0, 0.1) is 5.92 Å². The molecule has 2 fully saturated rings. The zero-order chi connectivity index (χ0) is 19.1. The van der Waals surface area contributed by atoms with Crippen molar-refractivity contribution in [1.29, 1.82) is 0 Å². The maximum absolute atomic E-state index is 12.4. The van der Waals surface area contributed by atoms with Crippen molar-refractivity contribution in [2.24, 2.45) is 11.7 Å². The van der Waals surface area contributed by atoms with Crippen LogP contribution >= 0.6 is 0 Å². The van der Waals surface area contributed by atoms with Crippen LogP contribution in [0.1, 0.15) is 37.7 Å². The SMILES string of the molecule is NC(=O)CCNC(=O)[C@@H]1CCCN(C2CCN(Cc3ccccc3)CC2)C1. The summed E-state index contributed by atoms with van der Waals surface area (Å²) >= 11 is 0. The molecule has 2 amide bonds. The van der Waals surface area contributed by atoms with Gasteiger partial charge in [-0.3, -0.25) is 19.4 Å². The van der Waals surface area contributed by atoms with Crippen LogP contribution in [0.4, 0.5) is 0 Å². The third kappa shape index (κ3) is 6.04. The first kappa shape index (κ1) is 19.8. The number of nitrogens with two attached hydrogens (primary N) is 1. The van der Waals surface area contributed by atoms with Crippen LogP contribution in [0.3, 0.4) is 0 Å². The second-order valence-corrected chi connectivity index (χ2v) is 7.83. The van der Waals surface area contributed by atoms with Crippen molar-refractivity contribution >= 4 is 11.8 Å². The van der Waals surface area contributed by atoms with E-state index in [-0.39, 0.29) is 24.2 Å². The Morgan fingerprint density at radius 1 is 1.07 bits per heavy atom. The van der Waals surface area contributed by atoms with Gasteiger partial charge < -0.3 is 11.1 Å². The van der Waals surface area contributed by atoms with E-state index in [0.717, 1.165) is 45.6 Å². The van der Waals surface area contributed by atoms with Gasteiger partial charge in [0.05, 0.1) is 5.92 Å². The largest absolute Gasteiger partial charge is 0.370 e. The lowest BCUT2D eigenvalue weighted by atomic mass is 9.93. The molecule has 148 valence electrons. The molecule has 0 spiro atoms. The number of carbonyl (C=O) groups excluding carboxylic acids is 2. The molecule has 27 heavy (non-hydrogen) atoms. The average Bonchev–Trinajstić information content (AvgIpc) is 2.69. The van der Waals surface area contributed by atoms with Gasteiger partial charge in [-0.1, -0.05) is 30.3 Å². The summed E-state index contributed by atoms with van der Waals surface area (Å²) in [7, 11) is 0. The molecule has 0 radical (unpaired) electrons. The molecule has 2 aliphatic rings. The Hall–Kier alpha value is -1.92. The number of nitrogens with zero attached hydrogens (tertiary/aromatic N) is 2. The van der Waals surface area contributed by atoms with Gasteiger partial charge in [-0.05, 0) is 50.9 Å². The second-order valence-electron chi connectivity index (χ2n) is 7.83. The van der Waals surface area contributed by atoms with E-state index in [9.17, 15) is 9.59 Å². The van der Waals surface area contributed by atoms with Crippen LogP contribution in [0.15, 0.2) is 30.3 Å². The van der Waals surface area contributed by atoms with Crippen molar-refractivity contribution in [2.45, 2.75) is 44.7 Å². The molecule has 1 aromatic rings. The predicted octanol–water partition coefficient (Wildman–Crippen LogP) is 1.35. The Balaban J connectivity index is 1.42. The lowest BCUT2D eigenvalue weighted by Crippen LogP contribution is -2.50. The normalized spacial score (nSPS) is 22.4. The number of likely N-dealkylation sites (tertiary alicyclic amines) is 2. The highest BCUT2D eigenvalue weighted by Gasteiger charge is 2.31. The van der Waals surface area contributed by atoms with Gasteiger partial charge in [0.15, 0.2) is 0 Å². The van der Waals surface area contributed by atoms with Gasteiger partial charge in [-0.15, -0.1) is 0 Å². The first-order valence-electron chi connectivity index (χ1n) is 10.2. The fourth-order valence-corrected chi connectivity index (χ4v) is 4.29. The van der Waals surface area contributed by atoms with Crippen LogP contribution in [-0.2, 0) is 16.1 Å². The lowest BCUT2D eigenvalue weighted by molar-refractivity contribution is -0.127. The monoisotopic (exact) mass is 372 g/mol. The minimum absolute atomic E-state index is 0.0361. The smallest absolute Gasteiger partial charge is 0.224 e.